The maximum absolute atomic E-state index is 10.9. The van der Waals surface area contributed by atoms with Gasteiger partial charge in [0.15, 0.2) is 0 Å². The van der Waals surface area contributed by atoms with Crippen molar-refractivity contribution in [3.63, 3.8) is 0 Å². The fourth-order valence-electron chi connectivity index (χ4n) is 0.838. The van der Waals surface area contributed by atoms with Crippen LogP contribution >= 0.6 is 0 Å². The average Bonchev–Trinajstić information content (AvgIpc) is 2.46. The first-order chi connectivity index (χ1) is 6.38. The molecule has 0 aromatic carbocycles. The van der Waals surface area contributed by atoms with E-state index in [1.807, 2.05) is 0 Å². The Morgan fingerprint density at radius 2 is 2.21 bits per heavy atom. The van der Waals surface area contributed by atoms with Crippen molar-refractivity contribution in [1.29, 1.82) is 0 Å². The average molecular weight is 219 g/mol. The van der Waals surface area contributed by atoms with Gasteiger partial charge < -0.3 is 10.6 Å². The normalized spacial score (nSPS) is 11.6. The minimum absolute atomic E-state index is 0.0674. The van der Waals surface area contributed by atoms with Crippen molar-refractivity contribution in [2.24, 2.45) is 0 Å². The summed E-state index contributed by atoms with van der Waals surface area (Å²) in [6.07, 6.45) is 1.19. The van der Waals surface area contributed by atoms with Crippen LogP contribution in [-0.4, -0.2) is 49.2 Å². The maximum atomic E-state index is 10.9. The first-order valence-corrected chi connectivity index (χ1v) is 6.01. The number of nitrogens with one attached hydrogen (secondary N) is 1. The Morgan fingerprint density at radius 3 is 2.64 bits per heavy atom. The van der Waals surface area contributed by atoms with Gasteiger partial charge in [0.2, 0.25) is 11.9 Å². The van der Waals surface area contributed by atoms with E-state index in [0.717, 1.165) is 0 Å². The number of nitrogens with zero attached hydrogens (tertiary/aromatic N) is 3. The minimum atomic E-state index is -2.96. The molecule has 80 valence electrons. The zero-order valence-corrected chi connectivity index (χ0v) is 8.87. The van der Waals surface area contributed by atoms with Gasteiger partial charge in [-0.25, -0.2) is 13.5 Å². The molecule has 0 spiro atoms. The lowest BCUT2D eigenvalue weighted by molar-refractivity contribution is 0.601. The second-order valence-corrected chi connectivity index (χ2v) is 5.33. The number of anilines is 2. The quantitative estimate of drug-likeness (QED) is 0.663. The summed E-state index contributed by atoms with van der Waals surface area (Å²) < 4.78 is 21.7. The fourth-order valence-corrected chi connectivity index (χ4v) is 1.44. The summed E-state index contributed by atoms with van der Waals surface area (Å²) in [5.41, 5.74) is 5.32. The number of sulfone groups is 1. The molecule has 0 unspecified atom stereocenters. The summed E-state index contributed by atoms with van der Waals surface area (Å²) in [5.74, 6) is 0.676. The van der Waals surface area contributed by atoms with Gasteiger partial charge in [0.1, 0.15) is 9.84 Å². The molecule has 1 aromatic rings. The fraction of sp³-hybridized carbons (Fsp3) is 0.667. The van der Waals surface area contributed by atoms with Gasteiger partial charge in [-0.2, -0.15) is 4.98 Å². The lowest BCUT2D eigenvalue weighted by Gasteiger charge is -2.12. The van der Waals surface area contributed by atoms with E-state index < -0.39 is 9.84 Å². The summed E-state index contributed by atoms with van der Waals surface area (Å²) in [5, 5.41) is 6.26. The van der Waals surface area contributed by atoms with Crippen LogP contribution in [-0.2, 0) is 9.84 Å². The zero-order chi connectivity index (χ0) is 10.8. The molecule has 0 amide bonds. The van der Waals surface area contributed by atoms with E-state index in [4.69, 9.17) is 5.73 Å². The van der Waals surface area contributed by atoms with Gasteiger partial charge in [0.05, 0.1) is 5.75 Å². The number of hydrogen-bond acceptors (Lipinski definition) is 6. The predicted octanol–water partition coefficient (Wildman–Crippen LogP) is -1.13. The van der Waals surface area contributed by atoms with E-state index in [1.165, 1.54) is 6.26 Å². The Kier molecular flexibility index (Phi) is 2.94. The monoisotopic (exact) mass is 219 g/mol. The highest BCUT2D eigenvalue weighted by Gasteiger charge is 2.09. The largest absolute Gasteiger partial charge is 0.368 e. The van der Waals surface area contributed by atoms with Gasteiger partial charge in [0, 0.05) is 19.8 Å². The van der Waals surface area contributed by atoms with Gasteiger partial charge in [-0.1, -0.05) is 0 Å². The summed E-state index contributed by atoms with van der Waals surface area (Å²) in [6, 6.07) is 0. The van der Waals surface area contributed by atoms with Crippen molar-refractivity contribution in [2.75, 3.05) is 36.2 Å². The molecule has 0 aliphatic heterocycles. The smallest absolute Gasteiger partial charge is 0.246 e. The number of aromatic amines is 1. The second-order valence-electron chi connectivity index (χ2n) is 3.07. The van der Waals surface area contributed by atoms with E-state index >= 15 is 0 Å². The van der Waals surface area contributed by atoms with Gasteiger partial charge >= 0.3 is 0 Å². The lowest BCUT2D eigenvalue weighted by Crippen LogP contribution is -2.25. The maximum Gasteiger partial charge on any atom is 0.246 e. The molecule has 0 aliphatic carbocycles. The Hall–Kier alpha value is -1.31. The molecule has 14 heavy (non-hydrogen) atoms. The van der Waals surface area contributed by atoms with Crippen molar-refractivity contribution >= 4 is 21.7 Å². The number of nitrogens with two attached hydrogens (primary N) is 1. The number of hydrogen-bond donors (Lipinski definition) is 2. The molecule has 0 fully saturated rings. The molecule has 0 radical (unpaired) electrons. The van der Waals surface area contributed by atoms with Crippen LogP contribution in [0.3, 0.4) is 0 Å². The number of rotatable bonds is 4. The van der Waals surface area contributed by atoms with E-state index in [9.17, 15) is 8.42 Å². The highest BCUT2D eigenvalue weighted by molar-refractivity contribution is 7.90. The molecular formula is C6H13N5O2S. The van der Waals surface area contributed by atoms with E-state index in [2.05, 4.69) is 15.2 Å². The van der Waals surface area contributed by atoms with Crippen molar-refractivity contribution in [2.45, 2.75) is 0 Å². The Balaban J connectivity index is 2.55. The van der Waals surface area contributed by atoms with Crippen LogP contribution in [0.25, 0.3) is 0 Å². The number of nitrogen functional groups attached to an aromatic ring is 1. The van der Waals surface area contributed by atoms with Crippen molar-refractivity contribution in [3.8, 4) is 0 Å². The molecule has 0 atom stereocenters. The topological polar surface area (TPSA) is 105 Å². The molecule has 0 aliphatic rings. The Morgan fingerprint density at radius 1 is 1.57 bits per heavy atom. The van der Waals surface area contributed by atoms with E-state index in [0.29, 0.717) is 12.5 Å². The Bertz CT molecular complexity index is 398. The van der Waals surface area contributed by atoms with Gasteiger partial charge in [0.25, 0.3) is 0 Å². The number of H-pyrrole nitrogens is 1. The van der Waals surface area contributed by atoms with Crippen LogP contribution in [0.15, 0.2) is 0 Å². The standard InChI is InChI=1S/C6H13N5O2S/c1-11(3-4-14(2,12)13)6-8-5(7)9-10-6/h3-4H2,1-2H3,(H3,7,8,9,10). The molecule has 0 saturated carbocycles. The first-order valence-electron chi connectivity index (χ1n) is 3.95. The van der Waals surface area contributed by atoms with Crippen LogP contribution in [0, 0.1) is 0 Å². The van der Waals surface area contributed by atoms with Crippen molar-refractivity contribution < 1.29 is 8.42 Å². The summed E-state index contributed by atoms with van der Waals surface area (Å²) >= 11 is 0. The zero-order valence-electron chi connectivity index (χ0n) is 8.06. The van der Waals surface area contributed by atoms with Crippen LogP contribution in [0.2, 0.25) is 0 Å². The molecule has 7 nitrogen and oxygen atoms in total. The van der Waals surface area contributed by atoms with Crippen LogP contribution in [0.1, 0.15) is 0 Å². The molecule has 1 heterocycles. The van der Waals surface area contributed by atoms with E-state index in [1.54, 1.807) is 11.9 Å². The molecule has 1 rings (SSSR count). The van der Waals surface area contributed by atoms with Crippen LogP contribution in [0.4, 0.5) is 11.9 Å². The highest BCUT2D eigenvalue weighted by Crippen LogP contribution is 2.04. The molecular weight excluding hydrogens is 206 g/mol. The summed E-state index contributed by atoms with van der Waals surface area (Å²) in [4.78, 5) is 5.47. The third kappa shape index (κ3) is 3.21. The molecule has 0 saturated heterocycles. The molecule has 8 heteroatoms. The lowest BCUT2D eigenvalue weighted by atomic mass is 10.6. The predicted molar refractivity (Wildman–Crippen MR) is 53.8 cm³/mol. The Labute approximate surface area is 82.2 Å². The SMILES string of the molecule is CN(CCS(C)(=O)=O)c1n[nH]c(N)n1. The van der Waals surface area contributed by atoms with Gasteiger partial charge in [-0.3, -0.25) is 0 Å². The highest BCUT2D eigenvalue weighted by atomic mass is 32.2. The molecule has 0 bridgehead atoms. The third-order valence-corrected chi connectivity index (χ3v) is 2.55. The van der Waals surface area contributed by atoms with Crippen molar-refractivity contribution in [1.82, 2.24) is 15.2 Å². The number of aromatic nitrogens is 3. The first kappa shape index (κ1) is 10.8. The third-order valence-electron chi connectivity index (χ3n) is 1.63. The minimum Gasteiger partial charge on any atom is -0.368 e. The van der Waals surface area contributed by atoms with E-state index in [-0.39, 0.29) is 11.7 Å². The van der Waals surface area contributed by atoms with Gasteiger partial charge in [-0.05, 0) is 0 Å². The molecule has 1 aromatic heterocycles. The summed E-state index contributed by atoms with van der Waals surface area (Å²) in [7, 11) is -1.26. The van der Waals surface area contributed by atoms with Crippen molar-refractivity contribution in [3.05, 3.63) is 0 Å². The van der Waals surface area contributed by atoms with Gasteiger partial charge in [-0.15, -0.1) is 5.10 Å². The second kappa shape index (κ2) is 3.82. The summed E-state index contributed by atoms with van der Waals surface area (Å²) in [6.45, 7) is 0.343. The van der Waals surface area contributed by atoms with Crippen LogP contribution < -0.4 is 10.6 Å². The molecule has 3 N–H and O–H groups in total. The van der Waals surface area contributed by atoms with Crippen LogP contribution in [0.5, 0.6) is 0 Å².